The lowest BCUT2D eigenvalue weighted by molar-refractivity contribution is -0.130. The van der Waals surface area contributed by atoms with E-state index in [1.807, 2.05) is 41.5 Å². The number of hydrogen-bond acceptors (Lipinski definition) is 3. The normalized spacial score (nSPS) is 13.4. The summed E-state index contributed by atoms with van der Waals surface area (Å²) < 4.78 is 0. The minimum atomic E-state index is -0.561. The third kappa shape index (κ3) is 5.17. The largest absolute Gasteiger partial charge is 0.328 e. The number of nitrogens with one attached hydrogen (secondary N) is 2. The molecule has 0 saturated heterocycles. The lowest BCUT2D eigenvalue weighted by Crippen LogP contribution is -2.53. The Hall–Kier alpha value is -1.91. The van der Waals surface area contributed by atoms with Gasteiger partial charge in [-0.05, 0) is 17.5 Å². The molecule has 5 nitrogen and oxygen atoms in total. The molecule has 1 rings (SSSR count). The Bertz CT molecular complexity index is 498. The van der Waals surface area contributed by atoms with Gasteiger partial charge in [0.15, 0.2) is 5.78 Å². The van der Waals surface area contributed by atoms with Crippen molar-refractivity contribution < 1.29 is 9.59 Å². The maximum absolute atomic E-state index is 12.5. The van der Waals surface area contributed by atoms with Crippen molar-refractivity contribution in [3.63, 3.8) is 0 Å². The molecule has 0 spiro atoms. The number of pyridine rings is 1. The summed E-state index contributed by atoms with van der Waals surface area (Å²) in [7, 11) is 0. The highest BCUT2D eigenvalue weighted by Gasteiger charge is 2.38. The number of aromatic nitrogens is 1. The second kappa shape index (κ2) is 6.24. The van der Waals surface area contributed by atoms with Gasteiger partial charge in [-0.2, -0.15) is 0 Å². The van der Waals surface area contributed by atoms with Gasteiger partial charge < -0.3 is 10.6 Å². The first-order valence-electron chi connectivity index (χ1n) is 7.03. The van der Waals surface area contributed by atoms with Crippen LogP contribution in [0.5, 0.6) is 0 Å². The number of hydrogen-bond donors (Lipinski definition) is 2. The van der Waals surface area contributed by atoms with Crippen molar-refractivity contribution in [2.45, 2.75) is 47.6 Å². The van der Waals surface area contributed by atoms with Crippen molar-refractivity contribution in [2.24, 2.45) is 10.8 Å². The van der Waals surface area contributed by atoms with E-state index in [1.54, 1.807) is 24.5 Å². The van der Waals surface area contributed by atoms with E-state index in [9.17, 15) is 9.59 Å². The molecule has 0 bridgehead atoms. The second-order valence-electron chi connectivity index (χ2n) is 7.25. The monoisotopic (exact) mass is 291 g/mol. The molecule has 1 atom stereocenters. The van der Waals surface area contributed by atoms with Crippen molar-refractivity contribution in [1.82, 2.24) is 10.3 Å². The van der Waals surface area contributed by atoms with Gasteiger partial charge in [0.2, 0.25) is 0 Å². The van der Waals surface area contributed by atoms with Crippen LogP contribution in [0.25, 0.3) is 0 Å². The minimum absolute atomic E-state index is 0.0105. The van der Waals surface area contributed by atoms with Gasteiger partial charge in [0.1, 0.15) is 0 Å². The van der Waals surface area contributed by atoms with E-state index in [0.29, 0.717) is 5.69 Å². The van der Waals surface area contributed by atoms with Gasteiger partial charge in [-0.25, -0.2) is 4.79 Å². The maximum atomic E-state index is 12.5. The predicted molar refractivity (Wildman–Crippen MR) is 84.1 cm³/mol. The molecule has 1 heterocycles. The first kappa shape index (κ1) is 17.1. The van der Waals surface area contributed by atoms with Gasteiger partial charge in [0, 0.05) is 11.6 Å². The summed E-state index contributed by atoms with van der Waals surface area (Å²) in [5.74, 6) is 0.0105. The molecule has 1 unspecified atom stereocenters. The van der Waals surface area contributed by atoms with Crippen LogP contribution in [0, 0.1) is 10.8 Å². The predicted octanol–water partition coefficient (Wildman–Crippen LogP) is 3.23. The van der Waals surface area contributed by atoms with Crippen LogP contribution in [-0.4, -0.2) is 22.8 Å². The van der Waals surface area contributed by atoms with E-state index in [1.165, 1.54) is 0 Å². The molecule has 21 heavy (non-hydrogen) atoms. The molecule has 1 aromatic rings. The summed E-state index contributed by atoms with van der Waals surface area (Å²) in [6.07, 6.45) is 3.18. The lowest BCUT2D eigenvalue weighted by Gasteiger charge is -2.34. The Labute approximate surface area is 126 Å². The molecule has 5 heteroatoms. The van der Waals surface area contributed by atoms with Crippen LogP contribution in [0.2, 0.25) is 0 Å². The van der Waals surface area contributed by atoms with E-state index in [2.05, 4.69) is 15.6 Å². The summed E-state index contributed by atoms with van der Waals surface area (Å²) in [6, 6.07) is 2.51. The number of urea groups is 1. The van der Waals surface area contributed by atoms with E-state index in [-0.39, 0.29) is 11.2 Å². The summed E-state index contributed by atoms with van der Waals surface area (Å²) in [4.78, 5) is 28.6. The molecule has 0 saturated carbocycles. The summed E-state index contributed by atoms with van der Waals surface area (Å²) in [6.45, 7) is 11.4. The quantitative estimate of drug-likeness (QED) is 0.898. The van der Waals surface area contributed by atoms with Crippen LogP contribution < -0.4 is 10.6 Å². The van der Waals surface area contributed by atoms with Gasteiger partial charge >= 0.3 is 6.03 Å². The van der Waals surface area contributed by atoms with Gasteiger partial charge in [0.05, 0.1) is 17.9 Å². The Morgan fingerprint density at radius 3 is 2.19 bits per heavy atom. The number of anilines is 1. The standard InChI is InChI=1S/C16H25N3O2/c1-15(2,3)12(13(20)16(4,5)6)19-14(21)18-11-8-7-9-17-10-11/h7-10,12H,1-6H3,(H2,18,19,21). The molecule has 0 aliphatic rings. The molecule has 0 fully saturated rings. The number of carbonyl (C=O) groups excluding carboxylic acids is 2. The molecular weight excluding hydrogens is 266 g/mol. The highest BCUT2D eigenvalue weighted by molar-refractivity contribution is 5.96. The number of rotatable bonds is 3. The average Bonchev–Trinajstić information content (AvgIpc) is 2.34. The molecule has 0 radical (unpaired) electrons. The Kier molecular flexibility index (Phi) is 5.10. The van der Waals surface area contributed by atoms with Crippen molar-refractivity contribution in [2.75, 3.05) is 5.32 Å². The Morgan fingerprint density at radius 1 is 1.14 bits per heavy atom. The topological polar surface area (TPSA) is 71.1 Å². The van der Waals surface area contributed by atoms with Gasteiger partial charge in [-0.1, -0.05) is 41.5 Å². The molecule has 2 amide bonds. The number of carbonyl (C=O) groups is 2. The SMILES string of the molecule is CC(C)(C)C(=O)C(NC(=O)Nc1cccnc1)C(C)(C)C. The van der Waals surface area contributed by atoms with Gasteiger partial charge in [0.25, 0.3) is 0 Å². The molecule has 0 aliphatic heterocycles. The minimum Gasteiger partial charge on any atom is -0.328 e. The number of amides is 2. The number of ketones is 1. The van der Waals surface area contributed by atoms with E-state index < -0.39 is 17.5 Å². The average molecular weight is 291 g/mol. The highest BCUT2D eigenvalue weighted by Crippen LogP contribution is 2.27. The second-order valence-corrected chi connectivity index (χ2v) is 7.25. The maximum Gasteiger partial charge on any atom is 0.319 e. The fourth-order valence-electron chi connectivity index (χ4n) is 1.84. The van der Waals surface area contributed by atoms with E-state index in [4.69, 9.17) is 0 Å². The summed E-state index contributed by atoms with van der Waals surface area (Å²) in [5, 5.41) is 5.47. The summed E-state index contributed by atoms with van der Waals surface area (Å²) >= 11 is 0. The van der Waals surface area contributed by atoms with Crippen LogP contribution in [0.1, 0.15) is 41.5 Å². The Morgan fingerprint density at radius 2 is 1.76 bits per heavy atom. The fraction of sp³-hybridized carbons (Fsp3) is 0.562. The van der Waals surface area contributed by atoms with Crippen molar-refractivity contribution in [3.8, 4) is 0 Å². The molecule has 0 aliphatic carbocycles. The summed E-state index contributed by atoms with van der Waals surface area (Å²) in [5.41, 5.74) is -0.290. The zero-order valence-corrected chi connectivity index (χ0v) is 13.7. The Balaban J connectivity index is 2.83. The lowest BCUT2D eigenvalue weighted by atomic mass is 9.76. The first-order chi connectivity index (χ1) is 9.51. The molecule has 2 N–H and O–H groups in total. The molecule has 0 aromatic carbocycles. The smallest absolute Gasteiger partial charge is 0.319 e. The molecule has 1 aromatic heterocycles. The van der Waals surface area contributed by atoms with E-state index in [0.717, 1.165) is 0 Å². The van der Waals surface area contributed by atoms with E-state index >= 15 is 0 Å². The van der Waals surface area contributed by atoms with Gasteiger partial charge in [-0.3, -0.25) is 9.78 Å². The van der Waals surface area contributed by atoms with Crippen molar-refractivity contribution in [1.29, 1.82) is 0 Å². The van der Waals surface area contributed by atoms with Gasteiger partial charge in [-0.15, -0.1) is 0 Å². The molecular formula is C16H25N3O2. The van der Waals surface area contributed by atoms with Crippen molar-refractivity contribution in [3.05, 3.63) is 24.5 Å². The first-order valence-corrected chi connectivity index (χ1v) is 7.03. The fourth-order valence-corrected chi connectivity index (χ4v) is 1.84. The zero-order valence-electron chi connectivity index (χ0n) is 13.7. The zero-order chi connectivity index (χ0) is 16.3. The van der Waals surface area contributed by atoms with Crippen LogP contribution in [0.15, 0.2) is 24.5 Å². The van der Waals surface area contributed by atoms with Crippen molar-refractivity contribution >= 4 is 17.5 Å². The highest BCUT2D eigenvalue weighted by atomic mass is 16.2. The van der Waals surface area contributed by atoms with Crippen LogP contribution in [0.3, 0.4) is 0 Å². The molecule has 116 valence electrons. The number of Topliss-reactive ketones (excluding diaryl/α,β-unsaturated/α-hetero) is 1. The third-order valence-corrected chi connectivity index (χ3v) is 3.06. The van der Waals surface area contributed by atoms with Crippen LogP contribution in [-0.2, 0) is 4.79 Å². The van der Waals surface area contributed by atoms with Crippen LogP contribution >= 0.6 is 0 Å². The van der Waals surface area contributed by atoms with Crippen LogP contribution in [0.4, 0.5) is 10.5 Å². The third-order valence-electron chi connectivity index (χ3n) is 3.06. The number of nitrogens with zero attached hydrogens (tertiary/aromatic N) is 1.